The molecule has 1 atom stereocenters. The van der Waals surface area contributed by atoms with E-state index >= 15 is 0 Å². The molecule has 0 bridgehead atoms. The summed E-state index contributed by atoms with van der Waals surface area (Å²) in [4.78, 5) is 26.1. The predicted octanol–water partition coefficient (Wildman–Crippen LogP) is 2.13. The van der Waals surface area contributed by atoms with Crippen LogP contribution in [-0.4, -0.2) is 14.7 Å². The van der Waals surface area contributed by atoms with Gasteiger partial charge in [-0.05, 0) is 5.56 Å². The van der Waals surface area contributed by atoms with Gasteiger partial charge < -0.3 is 14.7 Å². The van der Waals surface area contributed by atoms with Crippen LogP contribution in [0.3, 0.4) is 0 Å². The fourth-order valence-corrected chi connectivity index (χ4v) is 5.47. The summed E-state index contributed by atoms with van der Waals surface area (Å²) < 4.78 is 26.3. The lowest BCUT2D eigenvalue weighted by Crippen LogP contribution is -1.88. The van der Waals surface area contributed by atoms with Gasteiger partial charge in [-0.15, -0.1) is 0 Å². The molecule has 1 unspecified atom stereocenters. The molecule has 1 aromatic carbocycles. The smallest absolute Gasteiger partial charge is 0.316 e. The lowest BCUT2D eigenvalue weighted by molar-refractivity contribution is 0.266. The van der Waals surface area contributed by atoms with Crippen LogP contribution in [0.15, 0.2) is 30.3 Å². The van der Waals surface area contributed by atoms with Crippen molar-refractivity contribution in [2.24, 2.45) is 0 Å². The van der Waals surface area contributed by atoms with Gasteiger partial charge in [0.25, 0.3) is 0 Å². The predicted molar refractivity (Wildman–Crippen MR) is 60.7 cm³/mol. The Morgan fingerprint density at radius 1 is 1.12 bits per heavy atom. The molecule has 0 aliphatic heterocycles. The van der Waals surface area contributed by atoms with Crippen LogP contribution < -0.4 is 0 Å². The van der Waals surface area contributed by atoms with E-state index < -0.39 is 13.6 Å². The molecule has 90 valence electrons. The van der Waals surface area contributed by atoms with Gasteiger partial charge in [0.1, 0.15) is 0 Å². The Kier molecular flexibility index (Phi) is 4.76. The van der Waals surface area contributed by atoms with E-state index in [-0.39, 0.29) is 17.6 Å². The number of benzene rings is 1. The summed E-state index contributed by atoms with van der Waals surface area (Å²) >= 11 is -0.366. The highest BCUT2D eigenvalue weighted by Gasteiger charge is 2.32. The monoisotopic (exact) mass is 284 g/mol. The standard InChI is InChI=1S/C7H10O6P2S/c8-14(9,10)16-15(11,12)13-6-7-4-2-1-3-5-7/h1-5H,6H2,(H,11,12)(H2,8,9,10). The first-order valence-corrected chi connectivity index (χ1v) is 9.28. The maximum Gasteiger partial charge on any atom is 0.398 e. The van der Waals surface area contributed by atoms with E-state index in [0.29, 0.717) is 5.56 Å². The SMILES string of the molecule is O=P(O)(O)SP(=O)(O)OCc1ccccc1. The molecule has 3 N–H and O–H groups in total. The second-order valence-electron chi connectivity index (χ2n) is 2.80. The molecular formula is C7H10O6P2S. The molecule has 0 aliphatic rings. The zero-order valence-electron chi connectivity index (χ0n) is 7.96. The maximum absolute atomic E-state index is 11.2. The molecule has 0 aliphatic carbocycles. The largest absolute Gasteiger partial charge is 0.398 e. The zero-order chi connectivity index (χ0) is 12.2. The molecule has 1 rings (SSSR count). The summed E-state index contributed by atoms with van der Waals surface area (Å²) in [6.07, 6.45) is 0. The molecule has 0 saturated heterocycles. The van der Waals surface area contributed by atoms with Crippen molar-refractivity contribution < 1.29 is 28.3 Å². The third-order valence-corrected chi connectivity index (χ3v) is 7.67. The fourth-order valence-electron chi connectivity index (χ4n) is 0.888. The maximum atomic E-state index is 11.2. The average molecular weight is 284 g/mol. The second kappa shape index (κ2) is 5.47. The number of hydrogen-bond donors (Lipinski definition) is 3. The van der Waals surface area contributed by atoms with Crippen molar-refractivity contribution in [1.29, 1.82) is 0 Å². The number of hydrogen-bond acceptors (Lipinski definition) is 4. The Hall–Kier alpha value is -0.130. The molecule has 0 aromatic heterocycles. The van der Waals surface area contributed by atoms with E-state index in [2.05, 4.69) is 4.52 Å². The van der Waals surface area contributed by atoms with Gasteiger partial charge >= 0.3 is 13.6 Å². The highest BCUT2D eigenvalue weighted by molar-refractivity contribution is 8.84. The van der Waals surface area contributed by atoms with E-state index in [9.17, 15) is 9.13 Å². The summed E-state index contributed by atoms with van der Waals surface area (Å²) in [5.41, 5.74) is 0.642. The quantitative estimate of drug-likeness (QED) is 0.711. The Balaban J connectivity index is 2.55. The van der Waals surface area contributed by atoms with Crippen LogP contribution in [0.2, 0.25) is 0 Å². The molecule has 0 radical (unpaired) electrons. The van der Waals surface area contributed by atoms with Gasteiger partial charge in [0.2, 0.25) is 0 Å². The molecule has 0 spiro atoms. The van der Waals surface area contributed by atoms with Crippen molar-refractivity contribution in [2.45, 2.75) is 6.61 Å². The van der Waals surface area contributed by atoms with Crippen molar-refractivity contribution in [3.8, 4) is 0 Å². The lowest BCUT2D eigenvalue weighted by Gasteiger charge is -2.11. The Bertz CT molecular complexity index is 430. The van der Waals surface area contributed by atoms with Crippen LogP contribution in [-0.2, 0) is 20.3 Å². The first kappa shape index (κ1) is 13.9. The first-order chi connectivity index (χ1) is 7.29. The highest BCUT2D eigenvalue weighted by Crippen LogP contribution is 2.72. The van der Waals surface area contributed by atoms with Crippen LogP contribution in [0.1, 0.15) is 5.56 Å². The van der Waals surface area contributed by atoms with Gasteiger partial charge in [0, 0.05) is 0 Å². The van der Waals surface area contributed by atoms with E-state index in [0.717, 1.165) is 0 Å². The molecule has 0 heterocycles. The van der Waals surface area contributed by atoms with Gasteiger partial charge in [-0.3, -0.25) is 4.52 Å². The second-order valence-corrected chi connectivity index (χ2v) is 9.91. The van der Waals surface area contributed by atoms with Gasteiger partial charge in [-0.2, -0.15) is 0 Å². The minimum absolute atomic E-state index is 0.179. The number of rotatable bonds is 5. The van der Waals surface area contributed by atoms with E-state index in [1.807, 2.05) is 0 Å². The third kappa shape index (κ3) is 5.82. The Morgan fingerprint density at radius 2 is 1.69 bits per heavy atom. The van der Waals surface area contributed by atoms with E-state index in [1.54, 1.807) is 30.3 Å². The van der Waals surface area contributed by atoms with Crippen LogP contribution in [0.5, 0.6) is 0 Å². The summed E-state index contributed by atoms with van der Waals surface area (Å²) in [5.74, 6) is 0. The molecule has 1 aromatic rings. The normalized spacial score (nSPS) is 15.7. The van der Waals surface area contributed by atoms with Crippen molar-refractivity contribution in [3.63, 3.8) is 0 Å². The van der Waals surface area contributed by atoms with Crippen LogP contribution in [0, 0.1) is 0 Å². The minimum atomic E-state index is -4.63. The Labute approximate surface area is 95.8 Å². The molecule has 0 saturated carbocycles. The van der Waals surface area contributed by atoms with Gasteiger partial charge in [0.05, 0.1) is 17.6 Å². The topological polar surface area (TPSA) is 104 Å². The third-order valence-electron chi connectivity index (χ3n) is 1.45. The van der Waals surface area contributed by atoms with E-state index in [4.69, 9.17) is 14.7 Å². The average Bonchev–Trinajstić information content (AvgIpc) is 2.13. The molecule has 6 nitrogen and oxygen atoms in total. The molecule has 0 fully saturated rings. The summed E-state index contributed by atoms with van der Waals surface area (Å²) in [5, 5.41) is 0. The molecule has 16 heavy (non-hydrogen) atoms. The fraction of sp³-hybridized carbons (Fsp3) is 0.143. The zero-order valence-corrected chi connectivity index (χ0v) is 10.6. The highest BCUT2D eigenvalue weighted by atomic mass is 33.1. The first-order valence-electron chi connectivity index (χ1n) is 4.07. The van der Waals surface area contributed by atoms with Gasteiger partial charge in [0.15, 0.2) is 0 Å². The van der Waals surface area contributed by atoms with Crippen molar-refractivity contribution in [3.05, 3.63) is 35.9 Å². The molecule has 9 heteroatoms. The van der Waals surface area contributed by atoms with Crippen LogP contribution in [0.25, 0.3) is 0 Å². The Morgan fingerprint density at radius 3 is 2.19 bits per heavy atom. The molecular weight excluding hydrogens is 274 g/mol. The lowest BCUT2D eigenvalue weighted by atomic mass is 10.2. The van der Waals surface area contributed by atoms with E-state index in [1.165, 1.54) is 0 Å². The minimum Gasteiger partial charge on any atom is -0.316 e. The van der Waals surface area contributed by atoms with Gasteiger partial charge in [-0.1, -0.05) is 30.3 Å². The van der Waals surface area contributed by atoms with Gasteiger partial charge in [-0.25, -0.2) is 9.13 Å². The van der Waals surface area contributed by atoms with Crippen LogP contribution in [0.4, 0.5) is 0 Å². The summed E-state index contributed by atoms with van der Waals surface area (Å²) in [7, 11) is 0. The molecule has 0 amide bonds. The van der Waals surface area contributed by atoms with Crippen molar-refractivity contribution >= 4 is 24.6 Å². The summed E-state index contributed by atoms with van der Waals surface area (Å²) in [6.45, 7) is -9.13. The van der Waals surface area contributed by atoms with Crippen molar-refractivity contribution in [2.75, 3.05) is 0 Å². The van der Waals surface area contributed by atoms with Crippen LogP contribution >= 0.6 is 24.6 Å². The summed E-state index contributed by atoms with van der Waals surface area (Å²) in [6, 6.07) is 8.55. The van der Waals surface area contributed by atoms with Crippen molar-refractivity contribution in [1.82, 2.24) is 0 Å².